The summed E-state index contributed by atoms with van der Waals surface area (Å²) in [6.45, 7) is 0.0792. The van der Waals surface area contributed by atoms with Crippen molar-refractivity contribution < 1.29 is 44.3 Å². The van der Waals surface area contributed by atoms with E-state index in [1.807, 2.05) is 0 Å². The molecule has 0 saturated carbocycles. The highest BCUT2D eigenvalue weighted by molar-refractivity contribution is 5.95. The topological polar surface area (TPSA) is 27.1 Å². The monoisotopic (exact) mass is 580 g/mol. The van der Waals surface area contributed by atoms with Gasteiger partial charge in [0, 0.05) is 10.9 Å². The molecule has 12 heteroatoms. The van der Waals surface area contributed by atoms with E-state index in [4.69, 9.17) is 4.74 Å². The van der Waals surface area contributed by atoms with Gasteiger partial charge in [-0.3, -0.25) is 4.68 Å². The summed E-state index contributed by atoms with van der Waals surface area (Å²) in [4.78, 5) is 0. The number of halogens is 9. The minimum Gasteiger partial charge on any atom is -0.457 e. The van der Waals surface area contributed by atoms with Gasteiger partial charge >= 0.3 is 18.5 Å². The first kappa shape index (κ1) is 28.1. The number of ether oxygens (including phenoxy) is 1. The van der Waals surface area contributed by atoms with Crippen LogP contribution in [0.5, 0.6) is 11.5 Å². The van der Waals surface area contributed by atoms with Gasteiger partial charge in [0.2, 0.25) is 0 Å². The smallest absolute Gasteiger partial charge is 0.418 e. The van der Waals surface area contributed by atoms with Gasteiger partial charge in [-0.05, 0) is 42.0 Å². The maximum Gasteiger partial charge on any atom is 0.418 e. The molecule has 5 aromatic rings. The summed E-state index contributed by atoms with van der Waals surface area (Å²) in [7, 11) is 0. The Labute approximate surface area is 226 Å². The summed E-state index contributed by atoms with van der Waals surface area (Å²) in [6.07, 6.45) is -14.8. The zero-order valence-electron chi connectivity index (χ0n) is 20.6. The van der Waals surface area contributed by atoms with Gasteiger partial charge in [0.25, 0.3) is 0 Å². The van der Waals surface area contributed by atoms with Crippen molar-refractivity contribution >= 4 is 10.9 Å². The van der Waals surface area contributed by atoms with Crippen LogP contribution in [0.15, 0.2) is 91.0 Å². The normalized spacial score (nSPS) is 12.6. The Balaban J connectivity index is 1.62. The summed E-state index contributed by atoms with van der Waals surface area (Å²) >= 11 is 0. The van der Waals surface area contributed by atoms with E-state index in [0.717, 1.165) is 11.6 Å². The molecule has 5 rings (SSSR count). The molecule has 41 heavy (non-hydrogen) atoms. The molecule has 0 radical (unpaired) electrons. The van der Waals surface area contributed by atoms with Crippen molar-refractivity contribution in [2.24, 2.45) is 0 Å². The molecule has 0 bridgehead atoms. The SMILES string of the molecule is FC(F)(F)c1cc(Oc2cccc(-c3c4cccc(C(F)(F)F)c4nn3Cc3ccccc3)c2)cc(C(F)(F)F)c1. The molecule has 0 amide bonds. The van der Waals surface area contributed by atoms with Crippen molar-refractivity contribution in [3.05, 3.63) is 113 Å². The molecule has 1 aromatic heterocycles. The number of rotatable bonds is 5. The van der Waals surface area contributed by atoms with E-state index < -0.39 is 41.0 Å². The minimum absolute atomic E-state index is 0.0181. The summed E-state index contributed by atoms with van der Waals surface area (Å²) in [5.74, 6) is -0.853. The average molecular weight is 580 g/mol. The van der Waals surface area contributed by atoms with Crippen molar-refractivity contribution in [1.29, 1.82) is 0 Å². The third-order valence-electron chi connectivity index (χ3n) is 6.15. The fourth-order valence-electron chi connectivity index (χ4n) is 4.38. The van der Waals surface area contributed by atoms with E-state index in [9.17, 15) is 39.5 Å². The maximum absolute atomic E-state index is 13.8. The summed E-state index contributed by atoms with van der Waals surface area (Å²) in [6, 6.07) is 18.8. The Morgan fingerprint density at radius 2 is 1.24 bits per heavy atom. The summed E-state index contributed by atoms with van der Waals surface area (Å²) < 4.78 is 128. The highest BCUT2D eigenvalue weighted by Gasteiger charge is 2.37. The third kappa shape index (κ3) is 6.01. The molecular formula is C29H17F9N2O. The minimum atomic E-state index is -5.07. The van der Waals surface area contributed by atoms with E-state index in [1.54, 1.807) is 30.3 Å². The Kier molecular flexibility index (Phi) is 6.96. The third-order valence-corrected chi connectivity index (χ3v) is 6.15. The molecule has 212 valence electrons. The number of benzene rings is 4. The van der Waals surface area contributed by atoms with Crippen LogP contribution in [-0.2, 0) is 25.1 Å². The van der Waals surface area contributed by atoms with Gasteiger partial charge in [0.1, 0.15) is 17.0 Å². The van der Waals surface area contributed by atoms with E-state index in [2.05, 4.69) is 5.10 Å². The van der Waals surface area contributed by atoms with E-state index in [-0.39, 0.29) is 40.5 Å². The number of aromatic nitrogens is 2. The van der Waals surface area contributed by atoms with Gasteiger partial charge in [0.15, 0.2) is 0 Å². The predicted octanol–water partition coefficient (Wildman–Crippen LogP) is 9.60. The maximum atomic E-state index is 13.8. The van der Waals surface area contributed by atoms with Gasteiger partial charge in [-0.2, -0.15) is 44.6 Å². The standard InChI is InChI=1S/C29H17F9N2O/c30-27(31,32)19-13-20(28(33,34)35)15-22(14-19)41-21-9-4-8-18(12-21)26-23-10-5-11-24(29(36,37)38)25(23)39-40(26)16-17-6-2-1-3-7-17/h1-15H,16H2. The highest BCUT2D eigenvalue weighted by Crippen LogP contribution is 2.41. The van der Waals surface area contributed by atoms with E-state index in [0.29, 0.717) is 12.1 Å². The number of fused-ring (bicyclic) bond motifs is 1. The molecule has 4 aromatic carbocycles. The predicted molar refractivity (Wildman–Crippen MR) is 132 cm³/mol. The lowest BCUT2D eigenvalue weighted by Gasteiger charge is -2.15. The number of nitrogens with zero attached hydrogens (tertiary/aromatic N) is 2. The lowest BCUT2D eigenvalue weighted by atomic mass is 10.0. The van der Waals surface area contributed by atoms with Gasteiger partial charge < -0.3 is 4.74 Å². The average Bonchev–Trinajstić information content (AvgIpc) is 3.25. The van der Waals surface area contributed by atoms with Gasteiger partial charge in [-0.15, -0.1) is 0 Å². The molecule has 0 atom stereocenters. The molecule has 0 aliphatic carbocycles. The number of hydrogen-bond acceptors (Lipinski definition) is 2. The van der Waals surface area contributed by atoms with Crippen molar-refractivity contribution in [3.8, 4) is 22.8 Å². The van der Waals surface area contributed by atoms with Crippen LogP contribution in [-0.4, -0.2) is 9.78 Å². The Morgan fingerprint density at radius 3 is 1.85 bits per heavy atom. The molecule has 0 spiro atoms. The number of hydrogen-bond donors (Lipinski definition) is 0. The first-order valence-electron chi connectivity index (χ1n) is 11.9. The molecule has 0 unspecified atom stereocenters. The van der Waals surface area contributed by atoms with Gasteiger partial charge in [-0.1, -0.05) is 54.6 Å². The van der Waals surface area contributed by atoms with Crippen LogP contribution in [0.4, 0.5) is 39.5 Å². The van der Waals surface area contributed by atoms with Crippen LogP contribution in [0.1, 0.15) is 22.3 Å². The van der Waals surface area contributed by atoms with Crippen LogP contribution in [0, 0.1) is 0 Å². The van der Waals surface area contributed by atoms with Crippen LogP contribution in [0.3, 0.4) is 0 Å². The lowest BCUT2D eigenvalue weighted by Crippen LogP contribution is -2.11. The Bertz CT molecular complexity index is 1670. The van der Waals surface area contributed by atoms with Crippen molar-refractivity contribution in [2.45, 2.75) is 25.1 Å². The van der Waals surface area contributed by atoms with Gasteiger partial charge in [-0.25, -0.2) is 0 Å². The largest absolute Gasteiger partial charge is 0.457 e. The highest BCUT2D eigenvalue weighted by atomic mass is 19.4. The van der Waals surface area contributed by atoms with E-state index in [1.165, 1.54) is 41.1 Å². The second-order valence-electron chi connectivity index (χ2n) is 9.06. The zero-order chi connectivity index (χ0) is 29.6. The molecule has 0 saturated heterocycles. The molecule has 0 aliphatic rings. The lowest BCUT2D eigenvalue weighted by molar-refractivity contribution is -0.143. The second-order valence-corrected chi connectivity index (χ2v) is 9.06. The van der Waals surface area contributed by atoms with Crippen LogP contribution >= 0.6 is 0 Å². The van der Waals surface area contributed by atoms with Crippen molar-refractivity contribution in [3.63, 3.8) is 0 Å². The quantitative estimate of drug-likeness (QED) is 0.194. The molecular weight excluding hydrogens is 563 g/mol. The van der Waals surface area contributed by atoms with Crippen molar-refractivity contribution in [1.82, 2.24) is 9.78 Å². The summed E-state index contributed by atoms with van der Waals surface area (Å²) in [5, 5.41) is 4.39. The Hall–Kier alpha value is -4.48. The number of alkyl halides is 9. The van der Waals surface area contributed by atoms with Crippen LogP contribution in [0.25, 0.3) is 22.2 Å². The molecule has 0 N–H and O–H groups in total. The molecule has 0 aliphatic heterocycles. The Morgan fingerprint density at radius 1 is 0.610 bits per heavy atom. The van der Waals surface area contributed by atoms with E-state index >= 15 is 0 Å². The first-order valence-corrected chi connectivity index (χ1v) is 11.9. The van der Waals surface area contributed by atoms with Gasteiger partial charge in [0.05, 0.1) is 28.9 Å². The van der Waals surface area contributed by atoms with Crippen LogP contribution in [0.2, 0.25) is 0 Å². The van der Waals surface area contributed by atoms with Crippen molar-refractivity contribution in [2.75, 3.05) is 0 Å². The first-order chi connectivity index (χ1) is 19.2. The van der Waals surface area contributed by atoms with Crippen LogP contribution < -0.4 is 4.74 Å². The molecule has 0 fully saturated rings. The molecule has 3 nitrogen and oxygen atoms in total. The fraction of sp³-hybridized carbons (Fsp3) is 0.138. The zero-order valence-corrected chi connectivity index (χ0v) is 20.6. The second kappa shape index (κ2) is 10.2. The summed E-state index contributed by atoms with van der Waals surface area (Å²) in [5.41, 5.74) is -3.12. The molecule has 1 heterocycles. The fourth-order valence-corrected chi connectivity index (χ4v) is 4.38.